The Bertz CT molecular complexity index is 916. The Labute approximate surface area is 190 Å². The summed E-state index contributed by atoms with van der Waals surface area (Å²) in [6.07, 6.45) is 0.743. The third-order valence-corrected chi connectivity index (χ3v) is 5.49. The van der Waals surface area contributed by atoms with Gasteiger partial charge >= 0.3 is 0 Å². The highest BCUT2D eigenvalue weighted by molar-refractivity contribution is 5.44. The van der Waals surface area contributed by atoms with Gasteiger partial charge in [-0.15, -0.1) is 0 Å². The number of phenols is 1. The molecular formula is C26H35FN2O3. The van der Waals surface area contributed by atoms with Gasteiger partial charge in [0, 0.05) is 44.2 Å². The lowest BCUT2D eigenvalue weighted by Crippen LogP contribution is -2.33. The first kappa shape index (κ1) is 23.9. The summed E-state index contributed by atoms with van der Waals surface area (Å²) in [7, 11) is 0. The normalized spacial score (nSPS) is 14.2. The lowest BCUT2D eigenvalue weighted by Gasteiger charge is -2.32. The Morgan fingerprint density at radius 2 is 1.94 bits per heavy atom. The molecule has 0 aliphatic carbocycles. The summed E-state index contributed by atoms with van der Waals surface area (Å²) in [5.74, 6) is 1.21. The predicted molar refractivity (Wildman–Crippen MR) is 125 cm³/mol. The Balaban J connectivity index is 1.65. The summed E-state index contributed by atoms with van der Waals surface area (Å²) in [4.78, 5) is 2.23. The number of hydrogen-bond acceptors (Lipinski definition) is 5. The zero-order valence-corrected chi connectivity index (χ0v) is 19.4. The second-order valence-electron chi connectivity index (χ2n) is 8.92. The molecule has 174 valence electrons. The fourth-order valence-corrected chi connectivity index (χ4v) is 3.85. The Hall–Kier alpha value is -2.73. The predicted octanol–water partition coefficient (Wildman–Crippen LogP) is 5.09. The van der Waals surface area contributed by atoms with Crippen LogP contribution in [0.5, 0.6) is 17.2 Å². The maximum absolute atomic E-state index is 14.7. The number of fused-ring (bicyclic) bond motifs is 1. The molecular weight excluding hydrogens is 407 g/mol. The molecule has 0 radical (unpaired) electrons. The van der Waals surface area contributed by atoms with Gasteiger partial charge in [0.1, 0.15) is 5.75 Å². The number of phenolic OH excluding ortho intramolecular Hbond substituents is 1. The van der Waals surface area contributed by atoms with Gasteiger partial charge < -0.3 is 24.8 Å². The van der Waals surface area contributed by atoms with Gasteiger partial charge in [-0.3, -0.25) is 0 Å². The number of rotatable bonds is 10. The number of aromatic hydroxyl groups is 1. The number of nitrogens with zero attached hydrogens (tertiary/aromatic N) is 1. The van der Waals surface area contributed by atoms with Crippen LogP contribution in [0.3, 0.4) is 0 Å². The van der Waals surface area contributed by atoms with Gasteiger partial charge in [-0.05, 0) is 41.3 Å². The van der Waals surface area contributed by atoms with Crippen molar-refractivity contribution in [2.75, 3.05) is 26.3 Å². The Morgan fingerprint density at radius 3 is 2.69 bits per heavy atom. The molecule has 3 rings (SSSR count). The molecule has 5 nitrogen and oxygen atoms in total. The maximum Gasteiger partial charge on any atom is 0.197 e. The lowest BCUT2D eigenvalue weighted by molar-refractivity contribution is 0.265. The van der Waals surface area contributed by atoms with Crippen molar-refractivity contribution >= 4 is 0 Å². The molecule has 1 aliphatic heterocycles. The summed E-state index contributed by atoms with van der Waals surface area (Å²) < 4.78 is 25.9. The molecule has 0 aromatic heterocycles. The van der Waals surface area contributed by atoms with Crippen LogP contribution >= 0.6 is 0 Å². The number of ether oxygens (including phenoxy) is 2. The van der Waals surface area contributed by atoms with Crippen LogP contribution in [0.2, 0.25) is 0 Å². The van der Waals surface area contributed by atoms with Gasteiger partial charge in [0.05, 0.1) is 13.2 Å². The van der Waals surface area contributed by atoms with Crippen molar-refractivity contribution in [3.63, 3.8) is 0 Å². The maximum atomic E-state index is 14.7. The van der Waals surface area contributed by atoms with Crippen LogP contribution in [-0.2, 0) is 13.1 Å². The molecule has 0 amide bonds. The van der Waals surface area contributed by atoms with E-state index in [1.807, 2.05) is 18.2 Å². The van der Waals surface area contributed by atoms with Crippen molar-refractivity contribution in [1.82, 2.24) is 10.2 Å². The van der Waals surface area contributed by atoms with E-state index in [9.17, 15) is 9.50 Å². The molecule has 0 saturated carbocycles. The molecule has 0 bridgehead atoms. The number of nitrogens with one attached hydrogen (secondary N) is 1. The van der Waals surface area contributed by atoms with Crippen LogP contribution in [0, 0.1) is 17.7 Å². The first-order valence-corrected chi connectivity index (χ1v) is 11.3. The van der Waals surface area contributed by atoms with Crippen molar-refractivity contribution in [3.05, 3.63) is 65.6 Å². The molecule has 2 aromatic rings. The highest BCUT2D eigenvalue weighted by atomic mass is 19.1. The standard InChI is InChI=1S/C26H35FN2O3/c1-18(2)16-29(17-22-12-24(27)26-25(13-22)31-9-6-10-32-26)20(4)19(3)14-28-15-21-7-5-8-23(30)11-21/h5,7-8,11-13,18-19,28,30H,4,6,9-10,14-17H2,1-3H3. The van der Waals surface area contributed by atoms with Crippen LogP contribution in [0.25, 0.3) is 0 Å². The largest absolute Gasteiger partial charge is 0.508 e. The van der Waals surface area contributed by atoms with Crippen molar-refractivity contribution in [3.8, 4) is 17.2 Å². The monoisotopic (exact) mass is 442 g/mol. The second kappa shape index (κ2) is 11.2. The van der Waals surface area contributed by atoms with Crippen molar-refractivity contribution in [1.29, 1.82) is 0 Å². The molecule has 0 fully saturated rings. The van der Waals surface area contributed by atoms with Crippen molar-refractivity contribution in [2.45, 2.75) is 40.3 Å². The average Bonchev–Trinajstić information content (AvgIpc) is 2.98. The van der Waals surface area contributed by atoms with Crippen molar-refractivity contribution < 1.29 is 19.0 Å². The van der Waals surface area contributed by atoms with Crippen LogP contribution in [0.1, 0.15) is 38.3 Å². The third-order valence-electron chi connectivity index (χ3n) is 5.49. The zero-order valence-electron chi connectivity index (χ0n) is 19.4. The molecule has 1 aliphatic rings. The smallest absolute Gasteiger partial charge is 0.197 e. The van der Waals surface area contributed by atoms with Gasteiger partial charge in [0.15, 0.2) is 17.3 Å². The first-order chi connectivity index (χ1) is 15.3. The van der Waals surface area contributed by atoms with Crippen LogP contribution in [-0.4, -0.2) is 36.3 Å². The quantitative estimate of drug-likeness (QED) is 0.537. The van der Waals surface area contributed by atoms with E-state index in [0.717, 1.165) is 36.3 Å². The van der Waals surface area contributed by atoms with E-state index in [1.54, 1.807) is 18.2 Å². The van der Waals surface area contributed by atoms with Crippen molar-refractivity contribution in [2.24, 2.45) is 11.8 Å². The average molecular weight is 443 g/mol. The first-order valence-electron chi connectivity index (χ1n) is 11.3. The van der Waals surface area contributed by atoms with E-state index in [2.05, 4.69) is 37.6 Å². The third kappa shape index (κ3) is 6.63. The van der Waals surface area contributed by atoms with E-state index in [-0.39, 0.29) is 23.2 Å². The molecule has 2 aromatic carbocycles. The summed E-state index contributed by atoms with van der Waals surface area (Å²) in [6.45, 7) is 14.6. The van der Waals surface area contributed by atoms with Gasteiger partial charge in [0.25, 0.3) is 0 Å². The molecule has 6 heteroatoms. The molecule has 0 saturated heterocycles. The van der Waals surface area contributed by atoms with Crippen LogP contribution in [0.15, 0.2) is 48.7 Å². The summed E-state index contributed by atoms with van der Waals surface area (Å²) in [5, 5.41) is 13.1. The Kier molecular flexibility index (Phi) is 8.39. The molecule has 2 N–H and O–H groups in total. The van der Waals surface area contributed by atoms with E-state index < -0.39 is 0 Å². The summed E-state index contributed by atoms with van der Waals surface area (Å²) >= 11 is 0. The fraction of sp³-hybridized carbons (Fsp3) is 0.462. The molecule has 1 atom stereocenters. The Morgan fingerprint density at radius 1 is 1.16 bits per heavy atom. The highest BCUT2D eigenvalue weighted by Gasteiger charge is 2.20. The zero-order chi connectivity index (χ0) is 23.1. The number of hydrogen-bond donors (Lipinski definition) is 2. The highest BCUT2D eigenvalue weighted by Crippen LogP contribution is 2.34. The van der Waals surface area contributed by atoms with Gasteiger partial charge in [-0.1, -0.05) is 39.5 Å². The molecule has 0 spiro atoms. The van der Waals surface area contributed by atoms with Crippen LogP contribution < -0.4 is 14.8 Å². The second-order valence-corrected chi connectivity index (χ2v) is 8.92. The van der Waals surface area contributed by atoms with E-state index in [4.69, 9.17) is 9.47 Å². The lowest BCUT2D eigenvalue weighted by atomic mass is 10.0. The minimum atomic E-state index is -0.379. The van der Waals surface area contributed by atoms with Gasteiger partial charge in [0.2, 0.25) is 0 Å². The minimum Gasteiger partial charge on any atom is -0.508 e. The van der Waals surface area contributed by atoms with E-state index in [0.29, 0.717) is 38.0 Å². The van der Waals surface area contributed by atoms with E-state index >= 15 is 0 Å². The summed E-state index contributed by atoms with van der Waals surface area (Å²) in [6, 6.07) is 10.7. The SMILES string of the molecule is C=C(C(C)CNCc1cccc(O)c1)N(Cc1cc(F)c2c(c1)OCCCO2)CC(C)C. The molecule has 32 heavy (non-hydrogen) atoms. The molecule has 1 unspecified atom stereocenters. The fourth-order valence-electron chi connectivity index (χ4n) is 3.85. The summed E-state index contributed by atoms with van der Waals surface area (Å²) in [5.41, 5.74) is 2.88. The number of halogens is 1. The molecule has 1 heterocycles. The van der Waals surface area contributed by atoms with Gasteiger partial charge in [-0.2, -0.15) is 0 Å². The van der Waals surface area contributed by atoms with Crippen LogP contribution in [0.4, 0.5) is 4.39 Å². The minimum absolute atomic E-state index is 0.191. The topological polar surface area (TPSA) is 54.0 Å². The number of benzene rings is 2. The van der Waals surface area contributed by atoms with E-state index in [1.165, 1.54) is 0 Å². The van der Waals surface area contributed by atoms with Gasteiger partial charge in [-0.25, -0.2) is 4.39 Å².